The number of benzene rings is 1. The number of aromatic nitrogens is 1. The Morgan fingerprint density at radius 3 is 2.46 bits per heavy atom. The van der Waals surface area contributed by atoms with Crippen LogP contribution in [-0.2, 0) is 12.8 Å². The lowest BCUT2D eigenvalue weighted by Gasteiger charge is -2.63. The predicted octanol–water partition coefficient (Wildman–Crippen LogP) is 5.58. The van der Waals surface area contributed by atoms with Crippen LogP contribution in [0.1, 0.15) is 110 Å². The van der Waals surface area contributed by atoms with Crippen LogP contribution in [0.25, 0.3) is 0 Å². The van der Waals surface area contributed by atoms with Crippen LogP contribution >= 0.6 is 0 Å². The monoisotopic (exact) mass is 560 g/mol. The molecule has 4 saturated carbocycles. The third-order valence-electron chi connectivity index (χ3n) is 12.8. The molecule has 1 aliphatic heterocycles. The maximum atomic E-state index is 12.7. The smallest absolute Gasteiger partial charge is 0.261 e. The van der Waals surface area contributed by atoms with E-state index in [4.69, 9.17) is 4.52 Å². The number of carbonyl (C=O) groups is 2. The summed E-state index contributed by atoms with van der Waals surface area (Å²) in [6, 6.07) is 8.93. The number of nitrogens with zero attached hydrogens (tertiary/aromatic N) is 2. The molecule has 4 aliphatic carbocycles. The SMILES string of the molecule is C[C@]12CC[C@H](O)C[C@H]1CCC1C2CC[C@]2(C)[C@@H](CCc3cc(CCN4C(=O)c5ccccc5C4=O)on3)CC[C@]12O. The summed E-state index contributed by atoms with van der Waals surface area (Å²) in [6.45, 7) is 5.10. The molecule has 7 nitrogen and oxygen atoms in total. The van der Waals surface area contributed by atoms with Crippen molar-refractivity contribution in [1.82, 2.24) is 10.1 Å². The number of hydrogen-bond acceptors (Lipinski definition) is 6. The van der Waals surface area contributed by atoms with Crippen molar-refractivity contribution in [3.8, 4) is 0 Å². The Hall–Kier alpha value is -2.51. The zero-order chi connectivity index (χ0) is 28.6. The van der Waals surface area contributed by atoms with Crippen LogP contribution in [0.15, 0.2) is 34.9 Å². The van der Waals surface area contributed by atoms with Crippen LogP contribution in [0, 0.1) is 34.5 Å². The third kappa shape index (κ3) is 4.09. The lowest BCUT2D eigenvalue weighted by molar-refractivity contribution is -0.210. The molecule has 5 aliphatic rings. The van der Waals surface area contributed by atoms with Gasteiger partial charge in [0.2, 0.25) is 0 Å². The topological polar surface area (TPSA) is 104 Å². The van der Waals surface area contributed by atoms with Gasteiger partial charge in [-0.1, -0.05) is 31.1 Å². The summed E-state index contributed by atoms with van der Waals surface area (Å²) >= 11 is 0. The van der Waals surface area contributed by atoms with Gasteiger partial charge in [-0.25, -0.2) is 0 Å². The second-order valence-electron chi connectivity index (χ2n) is 14.4. The van der Waals surface area contributed by atoms with Crippen molar-refractivity contribution in [1.29, 1.82) is 0 Å². The van der Waals surface area contributed by atoms with E-state index in [2.05, 4.69) is 19.0 Å². The number of carbonyl (C=O) groups excluding carboxylic acids is 2. The molecule has 220 valence electrons. The Bertz CT molecular complexity index is 1320. The molecule has 0 saturated heterocycles. The van der Waals surface area contributed by atoms with Crippen molar-refractivity contribution in [3.05, 3.63) is 52.9 Å². The van der Waals surface area contributed by atoms with E-state index in [1.54, 1.807) is 24.3 Å². The quantitative estimate of drug-likeness (QED) is 0.447. The normalized spacial score (nSPS) is 39.8. The molecule has 1 aromatic heterocycles. The van der Waals surface area contributed by atoms with E-state index in [0.29, 0.717) is 47.0 Å². The highest BCUT2D eigenvalue weighted by Crippen LogP contribution is 2.69. The summed E-state index contributed by atoms with van der Waals surface area (Å²) in [5.74, 6) is 2.17. The molecule has 7 heteroatoms. The fourth-order valence-corrected chi connectivity index (χ4v) is 10.4. The highest BCUT2D eigenvalue weighted by molar-refractivity contribution is 6.21. The maximum Gasteiger partial charge on any atom is 0.261 e. The van der Waals surface area contributed by atoms with Gasteiger partial charge < -0.3 is 14.7 Å². The van der Waals surface area contributed by atoms with Gasteiger partial charge in [0.15, 0.2) is 0 Å². The van der Waals surface area contributed by atoms with Gasteiger partial charge in [-0.05, 0) is 117 Å². The van der Waals surface area contributed by atoms with E-state index in [9.17, 15) is 19.8 Å². The van der Waals surface area contributed by atoms with E-state index >= 15 is 0 Å². The van der Waals surface area contributed by atoms with E-state index in [1.807, 2.05) is 6.07 Å². The number of amides is 2. The second kappa shape index (κ2) is 9.77. The van der Waals surface area contributed by atoms with Gasteiger partial charge >= 0.3 is 0 Å². The lowest BCUT2D eigenvalue weighted by atomic mass is 9.43. The molecule has 0 spiro atoms. The van der Waals surface area contributed by atoms with Crippen molar-refractivity contribution >= 4 is 11.8 Å². The molecule has 1 aromatic carbocycles. The molecule has 8 atom stereocenters. The molecule has 7 rings (SSSR count). The van der Waals surface area contributed by atoms with Gasteiger partial charge in [0.25, 0.3) is 11.8 Å². The second-order valence-corrected chi connectivity index (χ2v) is 14.4. The molecule has 41 heavy (non-hydrogen) atoms. The van der Waals surface area contributed by atoms with Gasteiger partial charge in [0, 0.05) is 19.0 Å². The molecule has 4 fully saturated rings. The Morgan fingerprint density at radius 1 is 0.951 bits per heavy atom. The minimum atomic E-state index is -0.605. The summed E-state index contributed by atoms with van der Waals surface area (Å²) in [5.41, 5.74) is 1.41. The highest BCUT2D eigenvalue weighted by atomic mass is 16.5. The Labute approximate surface area is 242 Å². The summed E-state index contributed by atoms with van der Waals surface area (Å²) in [4.78, 5) is 26.6. The van der Waals surface area contributed by atoms with Gasteiger partial charge in [-0.3, -0.25) is 14.5 Å². The molecular weight excluding hydrogens is 516 g/mol. The van der Waals surface area contributed by atoms with Gasteiger partial charge in [-0.15, -0.1) is 0 Å². The van der Waals surface area contributed by atoms with Gasteiger partial charge in [-0.2, -0.15) is 0 Å². The van der Waals surface area contributed by atoms with Crippen LogP contribution in [0.4, 0.5) is 0 Å². The molecular formula is C34H44N2O5. The lowest BCUT2D eigenvalue weighted by Crippen LogP contribution is -2.62. The third-order valence-corrected chi connectivity index (χ3v) is 12.8. The van der Waals surface area contributed by atoms with Crippen molar-refractivity contribution in [3.63, 3.8) is 0 Å². The zero-order valence-electron chi connectivity index (χ0n) is 24.5. The average molecular weight is 561 g/mol. The molecule has 0 radical (unpaired) electrons. The first-order valence-electron chi connectivity index (χ1n) is 15.9. The molecule has 2 amide bonds. The number of hydrogen-bond donors (Lipinski definition) is 2. The van der Waals surface area contributed by atoms with Crippen LogP contribution in [-0.4, -0.2) is 50.3 Å². The molecule has 2 aromatic rings. The van der Waals surface area contributed by atoms with E-state index < -0.39 is 5.60 Å². The number of aliphatic hydroxyl groups is 2. The molecule has 0 bridgehead atoms. The largest absolute Gasteiger partial charge is 0.393 e. The van der Waals surface area contributed by atoms with Crippen molar-refractivity contribution in [2.45, 2.75) is 103 Å². The van der Waals surface area contributed by atoms with E-state index in [-0.39, 0.29) is 35.3 Å². The standard InChI is InChI=1S/C34H44N2O5/c1-32-15-12-24(37)19-22(32)8-10-29-28(32)13-16-33(2)21(11-17-34(29,33)40)7-9-23-20-25(41-35-23)14-18-36-30(38)26-5-3-4-6-27(26)31(36)39/h3-6,20-22,24,28-29,37,40H,7-19H2,1-2H3/t21-,22+,24-,28?,29?,32-,33+,34-/m0/s1. The zero-order valence-corrected chi connectivity index (χ0v) is 24.5. The first-order chi connectivity index (χ1) is 19.6. The Balaban J connectivity index is 0.980. The Morgan fingerprint density at radius 2 is 1.71 bits per heavy atom. The van der Waals surface area contributed by atoms with E-state index in [0.717, 1.165) is 69.9 Å². The predicted molar refractivity (Wildman–Crippen MR) is 153 cm³/mol. The van der Waals surface area contributed by atoms with Crippen molar-refractivity contribution in [2.24, 2.45) is 34.5 Å². The molecule has 2 unspecified atom stereocenters. The number of aliphatic hydroxyl groups excluding tert-OH is 1. The van der Waals surface area contributed by atoms with Crippen LogP contribution in [0.5, 0.6) is 0 Å². The minimum absolute atomic E-state index is 0.0798. The summed E-state index contributed by atoms with van der Waals surface area (Å²) in [5, 5.41) is 27.1. The minimum Gasteiger partial charge on any atom is -0.393 e. The number of fused-ring (bicyclic) bond motifs is 6. The van der Waals surface area contributed by atoms with Crippen molar-refractivity contribution < 1.29 is 24.3 Å². The first-order valence-corrected chi connectivity index (χ1v) is 15.9. The molecule has 2 N–H and O–H groups in total. The van der Waals surface area contributed by atoms with Crippen LogP contribution in [0.2, 0.25) is 0 Å². The van der Waals surface area contributed by atoms with Crippen LogP contribution in [0.3, 0.4) is 0 Å². The van der Waals surface area contributed by atoms with Crippen LogP contribution < -0.4 is 0 Å². The fraction of sp³-hybridized carbons (Fsp3) is 0.676. The highest BCUT2D eigenvalue weighted by Gasteiger charge is 2.66. The van der Waals surface area contributed by atoms with Crippen molar-refractivity contribution in [2.75, 3.05) is 6.54 Å². The molecule has 2 heterocycles. The van der Waals surface area contributed by atoms with E-state index in [1.165, 1.54) is 11.3 Å². The maximum absolute atomic E-state index is 12.7. The summed E-state index contributed by atoms with van der Waals surface area (Å²) < 4.78 is 5.61. The summed E-state index contributed by atoms with van der Waals surface area (Å²) in [6.07, 6.45) is 11.5. The Kier molecular flexibility index (Phi) is 6.51. The van der Waals surface area contributed by atoms with Gasteiger partial charge in [0.05, 0.1) is 28.5 Å². The summed E-state index contributed by atoms with van der Waals surface area (Å²) in [7, 11) is 0. The first kappa shape index (κ1) is 27.3. The number of aryl methyl sites for hydroxylation is 1. The van der Waals surface area contributed by atoms with Gasteiger partial charge in [0.1, 0.15) is 5.76 Å². The average Bonchev–Trinajstić information content (AvgIpc) is 3.60. The fourth-order valence-electron chi connectivity index (χ4n) is 10.4. The number of imide groups is 1. The number of rotatable bonds is 6.